The van der Waals surface area contributed by atoms with Gasteiger partial charge in [-0.25, -0.2) is 8.42 Å². The van der Waals surface area contributed by atoms with Crippen LogP contribution in [0.4, 0.5) is 0 Å². The lowest BCUT2D eigenvalue weighted by molar-refractivity contribution is 0.600. The molecule has 1 aromatic carbocycles. The van der Waals surface area contributed by atoms with Crippen molar-refractivity contribution in [2.75, 3.05) is 5.21 Å². The van der Waals surface area contributed by atoms with Crippen LogP contribution in [-0.4, -0.2) is 13.6 Å². The van der Waals surface area contributed by atoms with Crippen LogP contribution in [0.3, 0.4) is 0 Å². The Hall–Kier alpha value is 0.0400. The molecular formula is C7H5Cl3O2S. The average Bonchev–Trinajstić information content (AvgIpc) is 2.09. The number of halogens is 3. The van der Waals surface area contributed by atoms with Crippen molar-refractivity contribution in [3.63, 3.8) is 0 Å². The molecule has 0 heterocycles. The molecule has 13 heavy (non-hydrogen) atoms. The molecule has 0 aliphatic heterocycles. The Morgan fingerprint density at radius 3 is 2.23 bits per heavy atom. The summed E-state index contributed by atoms with van der Waals surface area (Å²) >= 11 is 16.5. The van der Waals surface area contributed by atoms with Crippen molar-refractivity contribution >= 4 is 44.6 Å². The SMILES string of the molecule is O=S(=O)(CCl)c1ccc(Cl)c(Cl)c1. The molecule has 0 spiro atoms. The van der Waals surface area contributed by atoms with Crippen LogP contribution in [-0.2, 0) is 9.84 Å². The molecule has 0 unspecified atom stereocenters. The third-order valence-corrected chi connectivity index (χ3v) is 4.25. The van der Waals surface area contributed by atoms with Gasteiger partial charge in [-0.2, -0.15) is 0 Å². The lowest BCUT2D eigenvalue weighted by Gasteiger charge is -2.01. The molecular weight excluding hydrogens is 255 g/mol. The van der Waals surface area contributed by atoms with Crippen molar-refractivity contribution in [2.45, 2.75) is 4.90 Å². The summed E-state index contributed by atoms with van der Waals surface area (Å²) in [6.07, 6.45) is 0. The van der Waals surface area contributed by atoms with Crippen molar-refractivity contribution in [3.8, 4) is 0 Å². The molecule has 72 valence electrons. The molecule has 0 saturated carbocycles. The minimum absolute atomic E-state index is 0.0805. The molecule has 0 aliphatic carbocycles. The summed E-state index contributed by atoms with van der Waals surface area (Å²) in [5, 5.41) is 0.0494. The Bertz CT molecular complexity index is 414. The van der Waals surface area contributed by atoms with Crippen LogP contribution in [0.15, 0.2) is 23.1 Å². The summed E-state index contributed by atoms with van der Waals surface area (Å²) in [6, 6.07) is 4.07. The largest absolute Gasteiger partial charge is 0.222 e. The van der Waals surface area contributed by atoms with Crippen molar-refractivity contribution in [2.24, 2.45) is 0 Å². The molecule has 0 amide bonds. The van der Waals surface area contributed by atoms with Gasteiger partial charge in [-0.05, 0) is 18.2 Å². The summed E-state index contributed by atoms with van der Waals surface area (Å²) in [5.74, 6) is 0. The molecule has 0 saturated heterocycles. The smallest absolute Gasteiger partial charge is 0.192 e. The van der Waals surface area contributed by atoms with Gasteiger partial charge in [0.1, 0.15) is 5.21 Å². The zero-order chi connectivity index (χ0) is 10.1. The molecule has 6 heteroatoms. The molecule has 2 nitrogen and oxygen atoms in total. The van der Waals surface area contributed by atoms with Gasteiger partial charge >= 0.3 is 0 Å². The van der Waals surface area contributed by atoms with Crippen LogP contribution >= 0.6 is 34.8 Å². The van der Waals surface area contributed by atoms with E-state index < -0.39 is 15.0 Å². The quantitative estimate of drug-likeness (QED) is 0.765. The number of sulfone groups is 1. The van der Waals surface area contributed by atoms with Gasteiger partial charge in [-0.1, -0.05) is 23.2 Å². The van der Waals surface area contributed by atoms with Crippen LogP contribution in [0.5, 0.6) is 0 Å². The first-order chi connectivity index (χ1) is 5.97. The molecule has 0 N–H and O–H groups in total. The van der Waals surface area contributed by atoms with Crippen molar-refractivity contribution in [3.05, 3.63) is 28.2 Å². The minimum Gasteiger partial charge on any atom is -0.222 e. The van der Waals surface area contributed by atoms with Gasteiger partial charge in [-0.15, -0.1) is 11.6 Å². The van der Waals surface area contributed by atoms with Gasteiger partial charge in [0.25, 0.3) is 0 Å². The van der Waals surface area contributed by atoms with E-state index in [9.17, 15) is 8.42 Å². The van der Waals surface area contributed by atoms with Gasteiger partial charge in [0.15, 0.2) is 9.84 Å². The van der Waals surface area contributed by atoms with E-state index in [2.05, 4.69) is 0 Å². The van der Waals surface area contributed by atoms with E-state index in [-0.39, 0.29) is 9.92 Å². The van der Waals surface area contributed by atoms with E-state index in [4.69, 9.17) is 34.8 Å². The topological polar surface area (TPSA) is 34.1 Å². The second-order valence-electron chi connectivity index (χ2n) is 2.30. The van der Waals surface area contributed by atoms with Crippen LogP contribution in [0.2, 0.25) is 10.0 Å². The van der Waals surface area contributed by atoms with Gasteiger partial charge in [0.05, 0.1) is 14.9 Å². The highest BCUT2D eigenvalue weighted by molar-refractivity contribution is 7.92. The van der Waals surface area contributed by atoms with E-state index in [0.717, 1.165) is 0 Å². The summed E-state index contributed by atoms with van der Waals surface area (Å²) in [6.45, 7) is 0. The summed E-state index contributed by atoms with van der Waals surface area (Å²) in [4.78, 5) is 0.0805. The zero-order valence-corrected chi connectivity index (χ0v) is 9.38. The van der Waals surface area contributed by atoms with Gasteiger partial charge in [-0.3, -0.25) is 0 Å². The minimum atomic E-state index is -3.42. The molecule has 1 rings (SSSR count). The van der Waals surface area contributed by atoms with Gasteiger partial charge in [0.2, 0.25) is 0 Å². The van der Waals surface area contributed by atoms with E-state index in [1.807, 2.05) is 0 Å². The van der Waals surface area contributed by atoms with E-state index in [0.29, 0.717) is 5.02 Å². The van der Waals surface area contributed by atoms with E-state index >= 15 is 0 Å². The Kier molecular flexibility index (Phi) is 3.46. The first-order valence-electron chi connectivity index (χ1n) is 3.21. The fraction of sp³-hybridized carbons (Fsp3) is 0.143. The number of hydrogen-bond acceptors (Lipinski definition) is 2. The van der Waals surface area contributed by atoms with Crippen LogP contribution in [0.1, 0.15) is 0 Å². The average molecular weight is 260 g/mol. The lowest BCUT2D eigenvalue weighted by atomic mass is 10.4. The maximum Gasteiger partial charge on any atom is 0.192 e. The third-order valence-electron chi connectivity index (χ3n) is 1.39. The predicted octanol–water partition coefficient (Wildman–Crippen LogP) is 2.96. The van der Waals surface area contributed by atoms with Gasteiger partial charge in [0, 0.05) is 0 Å². The number of benzene rings is 1. The van der Waals surface area contributed by atoms with Crippen LogP contribution < -0.4 is 0 Å². The number of alkyl halides is 1. The normalized spacial score (nSPS) is 11.6. The first-order valence-corrected chi connectivity index (χ1v) is 6.15. The van der Waals surface area contributed by atoms with Gasteiger partial charge < -0.3 is 0 Å². The van der Waals surface area contributed by atoms with E-state index in [1.165, 1.54) is 18.2 Å². The van der Waals surface area contributed by atoms with Crippen molar-refractivity contribution < 1.29 is 8.42 Å². The second kappa shape index (κ2) is 4.05. The lowest BCUT2D eigenvalue weighted by Crippen LogP contribution is -2.01. The molecule has 1 aromatic rings. The molecule has 0 fully saturated rings. The highest BCUT2D eigenvalue weighted by Crippen LogP contribution is 2.25. The Morgan fingerprint density at radius 1 is 1.15 bits per heavy atom. The highest BCUT2D eigenvalue weighted by Gasteiger charge is 2.13. The summed E-state index contributed by atoms with van der Waals surface area (Å²) < 4.78 is 22.5. The maximum absolute atomic E-state index is 11.2. The monoisotopic (exact) mass is 258 g/mol. The fourth-order valence-corrected chi connectivity index (χ4v) is 2.17. The molecule has 0 radical (unpaired) electrons. The molecule has 0 atom stereocenters. The summed E-state index contributed by atoms with van der Waals surface area (Å²) in [5.41, 5.74) is 0. The van der Waals surface area contributed by atoms with E-state index in [1.54, 1.807) is 0 Å². The zero-order valence-electron chi connectivity index (χ0n) is 6.30. The second-order valence-corrected chi connectivity index (χ2v) is 5.69. The van der Waals surface area contributed by atoms with Crippen LogP contribution in [0, 0.1) is 0 Å². The summed E-state index contributed by atoms with van der Waals surface area (Å²) in [7, 11) is -3.42. The van der Waals surface area contributed by atoms with Crippen molar-refractivity contribution in [1.82, 2.24) is 0 Å². The standard InChI is InChI=1S/C7H5Cl3O2S/c8-4-13(11,12)5-1-2-6(9)7(10)3-5/h1-3H,4H2. The molecule has 0 aromatic heterocycles. The van der Waals surface area contributed by atoms with Crippen LogP contribution in [0.25, 0.3) is 0 Å². The third kappa shape index (κ3) is 2.50. The van der Waals surface area contributed by atoms with Crippen molar-refractivity contribution in [1.29, 1.82) is 0 Å². The number of hydrogen-bond donors (Lipinski definition) is 0. The molecule has 0 aliphatic rings. The fourth-order valence-electron chi connectivity index (χ4n) is 0.733. The number of rotatable bonds is 2. The predicted molar refractivity (Wildman–Crippen MR) is 54.4 cm³/mol. The molecule has 0 bridgehead atoms. The maximum atomic E-state index is 11.2. The first kappa shape index (κ1) is 11.1. The Labute approximate surface area is 91.3 Å². The Balaban J connectivity index is 3.27. The Morgan fingerprint density at radius 2 is 1.77 bits per heavy atom. The highest BCUT2D eigenvalue weighted by atomic mass is 35.5.